The molecule has 2 nitrogen and oxygen atoms in total. The third-order valence-corrected chi connectivity index (χ3v) is 3.04. The summed E-state index contributed by atoms with van der Waals surface area (Å²) in [6.45, 7) is 1.87. The first-order valence-electron chi connectivity index (χ1n) is 5.26. The van der Waals surface area contributed by atoms with Crippen LogP contribution in [-0.4, -0.2) is 0 Å². The van der Waals surface area contributed by atoms with E-state index in [-0.39, 0.29) is 6.04 Å². The van der Waals surface area contributed by atoms with E-state index in [0.717, 1.165) is 18.4 Å². The molecule has 1 atom stereocenters. The highest BCUT2D eigenvalue weighted by Gasteiger charge is 2.16. The first kappa shape index (κ1) is 9.38. The van der Waals surface area contributed by atoms with Gasteiger partial charge >= 0.3 is 0 Å². The molecule has 1 aromatic rings. The molecule has 1 aliphatic rings. The van der Waals surface area contributed by atoms with E-state index in [1.807, 2.05) is 19.1 Å². The molecule has 1 aliphatic carbocycles. The molecule has 0 saturated carbocycles. The van der Waals surface area contributed by atoms with Crippen LogP contribution in [0.3, 0.4) is 0 Å². The van der Waals surface area contributed by atoms with E-state index in [1.54, 1.807) is 0 Å². The first-order chi connectivity index (χ1) is 6.83. The summed E-state index contributed by atoms with van der Waals surface area (Å²) < 4.78 is 0. The Labute approximate surface area is 84.3 Å². The number of aryl methyl sites for hydroxylation is 1. The van der Waals surface area contributed by atoms with Crippen LogP contribution in [0.2, 0.25) is 0 Å². The van der Waals surface area contributed by atoms with Crippen LogP contribution in [-0.2, 0) is 12.8 Å². The maximum Gasteiger partial charge on any atom is 0.114 e. The van der Waals surface area contributed by atoms with Crippen LogP contribution in [0.15, 0.2) is 23.4 Å². The summed E-state index contributed by atoms with van der Waals surface area (Å²) in [7, 11) is 0. The van der Waals surface area contributed by atoms with E-state index >= 15 is 0 Å². The Bertz CT molecular complexity index is 346. The molecule has 2 rings (SSSR count). The molecule has 14 heavy (non-hydrogen) atoms. The maximum atomic E-state index is 10.5. The Morgan fingerprint density at radius 2 is 2.07 bits per heavy atom. The van der Waals surface area contributed by atoms with Crippen molar-refractivity contribution in [1.82, 2.24) is 0 Å². The zero-order chi connectivity index (χ0) is 9.97. The largest absolute Gasteiger partial charge is 0.150 e. The van der Waals surface area contributed by atoms with E-state index in [1.165, 1.54) is 24.0 Å². The van der Waals surface area contributed by atoms with Gasteiger partial charge in [0.1, 0.15) is 6.04 Å². The van der Waals surface area contributed by atoms with Gasteiger partial charge in [0.25, 0.3) is 0 Å². The predicted molar refractivity (Wildman–Crippen MR) is 57.3 cm³/mol. The van der Waals surface area contributed by atoms with Gasteiger partial charge in [0.2, 0.25) is 0 Å². The fourth-order valence-electron chi connectivity index (χ4n) is 2.26. The fourth-order valence-corrected chi connectivity index (χ4v) is 2.26. The van der Waals surface area contributed by atoms with Gasteiger partial charge in [0, 0.05) is 0 Å². The lowest BCUT2D eigenvalue weighted by Gasteiger charge is -2.19. The normalized spacial score (nSPS) is 17.2. The highest BCUT2D eigenvalue weighted by molar-refractivity contribution is 5.38. The lowest BCUT2D eigenvalue weighted by molar-refractivity contribution is 0.666. The number of nitroso groups, excluding NO2 is 1. The number of nitrogens with zero attached hydrogens (tertiary/aromatic N) is 1. The Balaban J connectivity index is 2.44. The van der Waals surface area contributed by atoms with Crippen molar-refractivity contribution in [3.05, 3.63) is 39.8 Å². The third kappa shape index (κ3) is 1.57. The minimum atomic E-state index is -0.192. The topological polar surface area (TPSA) is 29.4 Å². The van der Waals surface area contributed by atoms with Crippen LogP contribution in [0, 0.1) is 4.91 Å². The van der Waals surface area contributed by atoms with Gasteiger partial charge in [-0.05, 0) is 49.3 Å². The highest BCUT2D eigenvalue weighted by Crippen LogP contribution is 2.29. The van der Waals surface area contributed by atoms with Crippen molar-refractivity contribution in [2.45, 2.75) is 38.6 Å². The zero-order valence-corrected chi connectivity index (χ0v) is 8.49. The van der Waals surface area contributed by atoms with Gasteiger partial charge < -0.3 is 0 Å². The molecule has 0 fully saturated rings. The lowest BCUT2D eigenvalue weighted by atomic mass is 9.86. The standard InChI is InChI=1S/C12H15NO/c1-9(13-14)11-8-4-6-10-5-2-3-7-12(10)11/h4,6,8-9H,2-3,5,7H2,1H3. The summed E-state index contributed by atoms with van der Waals surface area (Å²) >= 11 is 0. The van der Waals surface area contributed by atoms with E-state index in [2.05, 4.69) is 11.2 Å². The summed E-state index contributed by atoms with van der Waals surface area (Å²) in [5.41, 5.74) is 3.94. The van der Waals surface area contributed by atoms with Gasteiger partial charge in [-0.15, -0.1) is 0 Å². The smallest absolute Gasteiger partial charge is 0.114 e. The van der Waals surface area contributed by atoms with Crippen LogP contribution in [0.25, 0.3) is 0 Å². The fraction of sp³-hybridized carbons (Fsp3) is 0.500. The Morgan fingerprint density at radius 3 is 2.86 bits per heavy atom. The van der Waals surface area contributed by atoms with Crippen LogP contribution < -0.4 is 0 Å². The number of hydrogen-bond acceptors (Lipinski definition) is 2. The monoisotopic (exact) mass is 189 g/mol. The molecule has 0 N–H and O–H groups in total. The molecule has 2 heteroatoms. The molecule has 0 aromatic heterocycles. The molecule has 74 valence electrons. The van der Waals surface area contributed by atoms with E-state index in [4.69, 9.17) is 0 Å². The third-order valence-electron chi connectivity index (χ3n) is 3.04. The molecule has 0 heterocycles. The Morgan fingerprint density at radius 1 is 1.29 bits per heavy atom. The molecule has 0 spiro atoms. The summed E-state index contributed by atoms with van der Waals surface area (Å²) in [5.74, 6) is 0. The second-order valence-corrected chi connectivity index (χ2v) is 3.97. The van der Waals surface area contributed by atoms with Crippen molar-refractivity contribution in [2.24, 2.45) is 5.18 Å². The predicted octanol–water partition coefficient (Wildman–Crippen LogP) is 3.39. The molecule has 0 aliphatic heterocycles. The van der Waals surface area contributed by atoms with Gasteiger partial charge in [0.15, 0.2) is 0 Å². The number of fused-ring (bicyclic) bond motifs is 1. The minimum absolute atomic E-state index is 0.192. The van der Waals surface area contributed by atoms with Crippen LogP contribution >= 0.6 is 0 Å². The SMILES string of the molecule is CC(N=O)c1cccc2c1CCCC2. The van der Waals surface area contributed by atoms with E-state index in [9.17, 15) is 4.91 Å². The summed E-state index contributed by atoms with van der Waals surface area (Å²) in [6, 6.07) is 6.07. The van der Waals surface area contributed by atoms with Crippen molar-refractivity contribution in [2.75, 3.05) is 0 Å². The van der Waals surface area contributed by atoms with Gasteiger partial charge in [-0.3, -0.25) is 0 Å². The second kappa shape index (κ2) is 3.91. The molecule has 1 aromatic carbocycles. The minimum Gasteiger partial charge on any atom is -0.150 e. The maximum absolute atomic E-state index is 10.5. The van der Waals surface area contributed by atoms with E-state index in [0.29, 0.717) is 0 Å². The second-order valence-electron chi connectivity index (χ2n) is 3.97. The van der Waals surface area contributed by atoms with Gasteiger partial charge in [0.05, 0.1) is 0 Å². The van der Waals surface area contributed by atoms with Crippen molar-refractivity contribution >= 4 is 0 Å². The summed E-state index contributed by atoms with van der Waals surface area (Å²) in [4.78, 5) is 10.5. The summed E-state index contributed by atoms with van der Waals surface area (Å²) in [6.07, 6.45) is 4.80. The zero-order valence-electron chi connectivity index (χ0n) is 8.49. The average Bonchev–Trinajstić information content (AvgIpc) is 2.27. The Hall–Kier alpha value is -1.18. The molecule has 0 amide bonds. The molecular weight excluding hydrogens is 174 g/mol. The number of benzene rings is 1. The first-order valence-corrected chi connectivity index (χ1v) is 5.26. The van der Waals surface area contributed by atoms with Crippen LogP contribution in [0.5, 0.6) is 0 Å². The van der Waals surface area contributed by atoms with Crippen molar-refractivity contribution in [3.63, 3.8) is 0 Å². The average molecular weight is 189 g/mol. The summed E-state index contributed by atoms with van der Waals surface area (Å²) in [5, 5.41) is 3.12. The van der Waals surface area contributed by atoms with E-state index < -0.39 is 0 Å². The molecule has 1 unspecified atom stereocenters. The molecule has 0 radical (unpaired) electrons. The lowest BCUT2D eigenvalue weighted by Crippen LogP contribution is -2.07. The molecular formula is C12H15NO. The van der Waals surface area contributed by atoms with Crippen LogP contribution in [0.1, 0.15) is 42.5 Å². The quantitative estimate of drug-likeness (QED) is 0.656. The van der Waals surface area contributed by atoms with Crippen LogP contribution in [0.4, 0.5) is 0 Å². The number of hydrogen-bond donors (Lipinski definition) is 0. The van der Waals surface area contributed by atoms with Gasteiger partial charge in [-0.1, -0.05) is 23.4 Å². The molecule has 0 saturated heterocycles. The highest BCUT2D eigenvalue weighted by atomic mass is 16.3. The molecule has 0 bridgehead atoms. The van der Waals surface area contributed by atoms with Crippen molar-refractivity contribution in [1.29, 1.82) is 0 Å². The van der Waals surface area contributed by atoms with Crippen molar-refractivity contribution in [3.8, 4) is 0 Å². The van der Waals surface area contributed by atoms with Gasteiger partial charge in [-0.25, -0.2) is 0 Å². The Kier molecular flexibility index (Phi) is 2.62. The van der Waals surface area contributed by atoms with Gasteiger partial charge in [-0.2, -0.15) is 4.91 Å². The van der Waals surface area contributed by atoms with Crippen molar-refractivity contribution < 1.29 is 0 Å². The number of rotatable bonds is 2.